The highest BCUT2D eigenvalue weighted by Gasteiger charge is 2.28. The number of anilines is 1. The van der Waals surface area contributed by atoms with Gasteiger partial charge in [0.05, 0.1) is 12.2 Å². The van der Waals surface area contributed by atoms with E-state index in [1.807, 2.05) is 36.4 Å². The fourth-order valence-corrected chi connectivity index (χ4v) is 2.77. The molecule has 2 aromatic rings. The van der Waals surface area contributed by atoms with Crippen LogP contribution in [0.5, 0.6) is 0 Å². The Kier molecular flexibility index (Phi) is 4.38. The number of nitrogens with zero attached hydrogens (tertiary/aromatic N) is 4. The van der Waals surface area contributed by atoms with Crippen molar-refractivity contribution in [3.8, 4) is 0 Å². The van der Waals surface area contributed by atoms with E-state index < -0.39 is 0 Å². The third-order valence-electron chi connectivity index (χ3n) is 3.90. The molecule has 1 aliphatic heterocycles. The molecule has 0 unspecified atom stereocenters. The van der Waals surface area contributed by atoms with E-state index in [0.717, 1.165) is 36.7 Å². The SMILES string of the molecule is CC(C)c1nccc(N[C@H]2CCCO[C@@H]2c2cnn(C)c2)n1. The monoisotopic (exact) mass is 301 g/mol. The van der Waals surface area contributed by atoms with E-state index in [-0.39, 0.29) is 12.1 Å². The summed E-state index contributed by atoms with van der Waals surface area (Å²) in [4.78, 5) is 8.92. The zero-order valence-corrected chi connectivity index (χ0v) is 13.4. The Hall–Kier alpha value is -1.95. The van der Waals surface area contributed by atoms with Crippen molar-refractivity contribution in [1.29, 1.82) is 0 Å². The van der Waals surface area contributed by atoms with Crippen LogP contribution in [0.15, 0.2) is 24.7 Å². The Labute approximate surface area is 130 Å². The summed E-state index contributed by atoms with van der Waals surface area (Å²) in [6.45, 7) is 4.99. The van der Waals surface area contributed by atoms with Crippen molar-refractivity contribution in [3.05, 3.63) is 36.0 Å². The molecule has 0 saturated carbocycles. The van der Waals surface area contributed by atoms with Crippen LogP contribution in [0.1, 0.15) is 50.1 Å². The molecule has 0 radical (unpaired) electrons. The van der Waals surface area contributed by atoms with Gasteiger partial charge in [0.2, 0.25) is 0 Å². The fourth-order valence-electron chi connectivity index (χ4n) is 2.77. The average molecular weight is 301 g/mol. The molecule has 2 aromatic heterocycles. The van der Waals surface area contributed by atoms with Crippen LogP contribution >= 0.6 is 0 Å². The summed E-state index contributed by atoms with van der Waals surface area (Å²) in [5.41, 5.74) is 1.11. The standard InChI is InChI=1S/C16H23N5O/c1-11(2)16-17-7-6-14(20-16)19-13-5-4-8-22-15(13)12-9-18-21(3)10-12/h6-7,9-11,13,15H,4-5,8H2,1-3H3,(H,17,19,20)/t13-,15+/m0/s1. The van der Waals surface area contributed by atoms with Crippen molar-refractivity contribution in [1.82, 2.24) is 19.7 Å². The zero-order valence-electron chi connectivity index (χ0n) is 13.4. The molecular formula is C16H23N5O. The van der Waals surface area contributed by atoms with E-state index in [1.54, 1.807) is 0 Å². The second-order valence-corrected chi connectivity index (χ2v) is 6.09. The molecule has 6 nitrogen and oxygen atoms in total. The number of hydrogen-bond donors (Lipinski definition) is 1. The average Bonchev–Trinajstić information content (AvgIpc) is 2.94. The van der Waals surface area contributed by atoms with Crippen LogP contribution < -0.4 is 5.32 Å². The zero-order chi connectivity index (χ0) is 15.5. The first-order chi connectivity index (χ1) is 10.6. The van der Waals surface area contributed by atoms with Crippen molar-refractivity contribution >= 4 is 5.82 Å². The van der Waals surface area contributed by atoms with Gasteiger partial charge in [0.25, 0.3) is 0 Å². The maximum absolute atomic E-state index is 5.98. The number of ether oxygens (including phenoxy) is 1. The van der Waals surface area contributed by atoms with E-state index in [0.29, 0.717) is 5.92 Å². The number of rotatable bonds is 4. The lowest BCUT2D eigenvalue weighted by Crippen LogP contribution is -2.34. The highest BCUT2D eigenvalue weighted by molar-refractivity contribution is 5.36. The van der Waals surface area contributed by atoms with Gasteiger partial charge in [-0.3, -0.25) is 4.68 Å². The fraction of sp³-hybridized carbons (Fsp3) is 0.562. The van der Waals surface area contributed by atoms with E-state index in [4.69, 9.17) is 4.74 Å². The van der Waals surface area contributed by atoms with Gasteiger partial charge in [-0.2, -0.15) is 5.10 Å². The second-order valence-electron chi connectivity index (χ2n) is 6.09. The Morgan fingerprint density at radius 2 is 2.27 bits per heavy atom. The summed E-state index contributed by atoms with van der Waals surface area (Å²) in [5.74, 6) is 2.04. The molecule has 1 saturated heterocycles. The maximum Gasteiger partial charge on any atom is 0.133 e. The van der Waals surface area contributed by atoms with Crippen LogP contribution in [-0.4, -0.2) is 32.4 Å². The molecule has 118 valence electrons. The first-order valence-electron chi connectivity index (χ1n) is 7.83. The maximum atomic E-state index is 5.98. The van der Waals surface area contributed by atoms with E-state index in [2.05, 4.69) is 34.2 Å². The molecule has 1 aliphatic rings. The molecule has 6 heteroatoms. The predicted octanol–water partition coefficient (Wildman–Crippen LogP) is 2.67. The lowest BCUT2D eigenvalue weighted by molar-refractivity contribution is 0.00551. The molecule has 1 fully saturated rings. The summed E-state index contributed by atoms with van der Waals surface area (Å²) in [5, 5.41) is 7.77. The van der Waals surface area contributed by atoms with Crippen LogP contribution in [-0.2, 0) is 11.8 Å². The minimum Gasteiger partial charge on any atom is -0.371 e. The minimum atomic E-state index is 0.0138. The van der Waals surface area contributed by atoms with Crippen molar-refractivity contribution < 1.29 is 4.74 Å². The van der Waals surface area contributed by atoms with Gasteiger partial charge in [0.1, 0.15) is 17.7 Å². The van der Waals surface area contributed by atoms with Crippen LogP contribution in [0, 0.1) is 0 Å². The topological polar surface area (TPSA) is 64.9 Å². The quantitative estimate of drug-likeness (QED) is 0.940. The molecule has 2 atom stereocenters. The minimum absolute atomic E-state index is 0.0138. The number of aromatic nitrogens is 4. The van der Waals surface area contributed by atoms with Gasteiger partial charge in [-0.25, -0.2) is 9.97 Å². The summed E-state index contributed by atoms with van der Waals surface area (Å²) in [7, 11) is 1.92. The van der Waals surface area contributed by atoms with Crippen LogP contribution in [0.2, 0.25) is 0 Å². The van der Waals surface area contributed by atoms with Gasteiger partial charge in [-0.15, -0.1) is 0 Å². The largest absolute Gasteiger partial charge is 0.371 e. The highest BCUT2D eigenvalue weighted by atomic mass is 16.5. The molecule has 0 aromatic carbocycles. The lowest BCUT2D eigenvalue weighted by atomic mass is 9.98. The van der Waals surface area contributed by atoms with Gasteiger partial charge in [0.15, 0.2) is 0 Å². The van der Waals surface area contributed by atoms with E-state index >= 15 is 0 Å². The van der Waals surface area contributed by atoms with Gasteiger partial charge >= 0.3 is 0 Å². The van der Waals surface area contributed by atoms with Gasteiger partial charge in [0, 0.05) is 37.5 Å². The van der Waals surface area contributed by atoms with Crippen molar-refractivity contribution in [3.63, 3.8) is 0 Å². The Morgan fingerprint density at radius 1 is 1.41 bits per heavy atom. The van der Waals surface area contributed by atoms with E-state index in [9.17, 15) is 0 Å². The molecule has 0 bridgehead atoms. The number of hydrogen-bond acceptors (Lipinski definition) is 5. The molecule has 0 amide bonds. The normalized spacial score (nSPS) is 22.0. The molecular weight excluding hydrogens is 278 g/mol. The van der Waals surface area contributed by atoms with E-state index in [1.165, 1.54) is 0 Å². The smallest absolute Gasteiger partial charge is 0.133 e. The van der Waals surface area contributed by atoms with Crippen molar-refractivity contribution in [2.24, 2.45) is 7.05 Å². The van der Waals surface area contributed by atoms with Crippen molar-refractivity contribution in [2.45, 2.75) is 44.8 Å². The third kappa shape index (κ3) is 3.27. The summed E-state index contributed by atoms with van der Waals surface area (Å²) in [6.07, 6.45) is 7.83. The molecule has 0 aliphatic carbocycles. The van der Waals surface area contributed by atoms with Gasteiger partial charge < -0.3 is 10.1 Å². The highest BCUT2D eigenvalue weighted by Crippen LogP contribution is 2.30. The second kappa shape index (κ2) is 6.44. The summed E-state index contributed by atoms with van der Waals surface area (Å²) >= 11 is 0. The van der Waals surface area contributed by atoms with Crippen LogP contribution in [0.4, 0.5) is 5.82 Å². The number of nitrogens with one attached hydrogen (secondary N) is 1. The van der Waals surface area contributed by atoms with Gasteiger partial charge in [-0.1, -0.05) is 13.8 Å². The number of aryl methyl sites for hydroxylation is 1. The Bertz CT molecular complexity index is 625. The third-order valence-corrected chi connectivity index (χ3v) is 3.90. The molecule has 3 heterocycles. The van der Waals surface area contributed by atoms with Gasteiger partial charge in [-0.05, 0) is 18.9 Å². The summed E-state index contributed by atoms with van der Waals surface area (Å²) < 4.78 is 7.79. The molecule has 1 N–H and O–H groups in total. The Balaban J connectivity index is 1.78. The van der Waals surface area contributed by atoms with Crippen molar-refractivity contribution in [2.75, 3.05) is 11.9 Å². The molecule has 0 spiro atoms. The predicted molar refractivity (Wildman–Crippen MR) is 84.7 cm³/mol. The molecule has 3 rings (SSSR count). The van der Waals surface area contributed by atoms with Crippen LogP contribution in [0.3, 0.4) is 0 Å². The first kappa shape index (κ1) is 15.0. The first-order valence-corrected chi connectivity index (χ1v) is 7.83. The summed E-state index contributed by atoms with van der Waals surface area (Å²) in [6, 6.07) is 2.12. The Morgan fingerprint density at radius 3 is 3.00 bits per heavy atom. The lowest BCUT2D eigenvalue weighted by Gasteiger charge is -2.32. The van der Waals surface area contributed by atoms with Crippen LogP contribution in [0.25, 0.3) is 0 Å². The molecule has 22 heavy (non-hydrogen) atoms.